The molecule has 0 bridgehead atoms. The molecule has 1 fully saturated rings. The second-order valence-electron chi connectivity index (χ2n) is 6.06. The minimum atomic E-state index is -0.141. The molecule has 1 N–H and O–H groups in total. The van der Waals surface area contributed by atoms with Crippen molar-refractivity contribution in [3.63, 3.8) is 0 Å². The van der Waals surface area contributed by atoms with E-state index in [2.05, 4.69) is 10.3 Å². The molecule has 1 aromatic heterocycles. The van der Waals surface area contributed by atoms with Crippen molar-refractivity contribution in [2.75, 3.05) is 6.61 Å². The fraction of sp³-hybridized carbons (Fsp3) is 0.200. The molecule has 25 heavy (non-hydrogen) atoms. The van der Waals surface area contributed by atoms with Gasteiger partial charge in [0.15, 0.2) is 0 Å². The molecule has 1 aliphatic heterocycles. The van der Waals surface area contributed by atoms with Crippen LogP contribution in [0, 0.1) is 0 Å². The number of hydrogen-bond donors (Lipinski definition) is 1. The fourth-order valence-corrected chi connectivity index (χ4v) is 3.21. The van der Waals surface area contributed by atoms with E-state index in [4.69, 9.17) is 4.74 Å². The van der Waals surface area contributed by atoms with E-state index in [9.17, 15) is 4.79 Å². The van der Waals surface area contributed by atoms with Gasteiger partial charge in [0.25, 0.3) is 5.91 Å². The number of nitrogens with one attached hydrogen (secondary N) is 1. The van der Waals surface area contributed by atoms with Crippen molar-refractivity contribution in [2.45, 2.75) is 18.6 Å². The second-order valence-corrected chi connectivity index (χ2v) is 6.06. The van der Waals surface area contributed by atoms with Gasteiger partial charge in [-0.3, -0.25) is 9.36 Å². The van der Waals surface area contributed by atoms with Crippen LogP contribution in [0.2, 0.25) is 0 Å². The predicted octanol–water partition coefficient (Wildman–Crippen LogP) is 3.13. The molecule has 0 radical (unpaired) electrons. The first kappa shape index (κ1) is 15.6. The maximum absolute atomic E-state index is 12.8. The molecule has 5 nitrogen and oxygen atoms in total. The first-order valence-electron chi connectivity index (χ1n) is 8.38. The zero-order chi connectivity index (χ0) is 17.1. The quantitative estimate of drug-likeness (QED) is 0.798. The highest BCUT2D eigenvalue weighted by Gasteiger charge is 2.31. The number of ether oxygens (including phenoxy) is 1. The van der Waals surface area contributed by atoms with Gasteiger partial charge in [-0.05, 0) is 24.1 Å². The number of carbonyl (C=O) groups excluding carboxylic acids is 1. The number of amides is 1. The number of benzene rings is 2. The zero-order valence-electron chi connectivity index (χ0n) is 13.7. The SMILES string of the molecule is O=C(N[C@@H]1CCO[C@H]1c1ccccc1)c1cncn1-c1ccccc1. The first-order chi connectivity index (χ1) is 12.3. The van der Waals surface area contributed by atoms with E-state index < -0.39 is 0 Å². The number of imidazole rings is 1. The lowest BCUT2D eigenvalue weighted by atomic mass is 10.0. The molecule has 1 saturated heterocycles. The largest absolute Gasteiger partial charge is 0.371 e. The lowest BCUT2D eigenvalue weighted by Gasteiger charge is -2.20. The fourth-order valence-electron chi connectivity index (χ4n) is 3.21. The molecular formula is C20H19N3O2. The average molecular weight is 333 g/mol. The van der Waals surface area contributed by atoms with Gasteiger partial charge in [-0.2, -0.15) is 0 Å². The highest BCUT2D eigenvalue weighted by atomic mass is 16.5. The smallest absolute Gasteiger partial charge is 0.270 e. The van der Waals surface area contributed by atoms with Crippen LogP contribution in [0.5, 0.6) is 0 Å². The number of aromatic nitrogens is 2. The molecule has 2 heterocycles. The van der Waals surface area contributed by atoms with Crippen molar-refractivity contribution in [3.05, 3.63) is 84.4 Å². The lowest BCUT2D eigenvalue weighted by molar-refractivity contribution is 0.0816. The monoisotopic (exact) mass is 333 g/mol. The van der Waals surface area contributed by atoms with Crippen LogP contribution in [-0.2, 0) is 4.74 Å². The molecule has 5 heteroatoms. The highest BCUT2D eigenvalue weighted by Crippen LogP contribution is 2.29. The zero-order valence-corrected chi connectivity index (χ0v) is 13.7. The minimum Gasteiger partial charge on any atom is -0.371 e. The van der Waals surface area contributed by atoms with E-state index in [-0.39, 0.29) is 18.1 Å². The van der Waals surface area contributed by atoms with Crippen molar-refractivity contribution < 1.29 is 9.53 Å². The Labute approximate surface area is 146 Å². The van der Waals surface area contributed by atoms with Crippen molar-refractivity contribution in [2.24, 2.45) is 0 Å². The summed E-state index contributed by atoms with van der Waals surface area (Å²) in [5, 5.41) is 3.12. The predicted molar refractivity (Wildman–Crippen MR) is 94.6 cm³/mol. The molecule has 0 saturated carbocycles. The summed E-state index contributed by atoms with van der Waals surface area (Å²) in [7, 11) is 0. The van der Waals surface area contributed by atoms with Crippen LogP contribution >= 0.6 is 0 Å². The van der Waals surface area contributed by atoms with Crippen LogP contribution in [0.25, 0.3) is 5.69 Å². The van der Waals surface area contributed by atoms with E-state index >= 15 is 0 Å². The number of hydrogen-bond acceptors (Lipinski definition) is 3. The number of para-hydroxylation sites is 1. The molecule has 0 aliphatic carbocycles. The van der Waals surface area contributed by atoms with Crippen molar-refractivity contribution in [1.29, 1.82) is 0 Å². The van der Waals surface area contributed by atoms with E-state index in [1.807, 2.05) is 60.7 Å². The van der Waals surface area contributed by atoms with Gasteiger partial charge in [-0.1, -0.05) is 48.5 Å². The number of carbonyl (C=O) groups is 1. The van der Waals surface area contributed by atoms with Gasteiger partial charge in [0.05, 0.1) is 18.6 Å². The van der Waals surface area contributed by atoms with E-state index in [0.29, 0.717) is 12.3 Å². The van der Waals surface area contributed by atoms with E-state index in [1.165, 1.54) is 0 Å². The lowest BCUT2D eigenvalue weighted by Crippen LogP contribution is -2.37. The van der Waals surface area contributed by atoms with Crippen LogP contribution in [0.15, 0.2) is 73.2 Å². The van der Waals surface area contributed by atoms with Crippen LogP contribution in [0.1, 0.15) is 28.6 Å². The summed E-state index contributed by atoms with van der Waals surface area (Å²) in [5.41, 5.74) is 2.51. The molecule has 1 aliphatic rings. The molecule has 2 atom stereocenters. The maximum atomic E-state index is 12.8. The second kappa shape index (κ2) is 6.91. The standard InChI is InChI=1S/C20H19N3O2/c24-20(18-13-21-14-23(18)16-9-5-2-6-10-16)22-17-11-12-25-19(17)15-7-3-1-4-8-15/h1-10,13-14,17,19H,11-12H2,(H,22,24)/t17-,19+/m1/s1. The Morgan fingerprint density at radius 1 is 1.08 bits per heavy atom. The summed E-state index contributed by atoms with van der Waals surface area (Å²) >= 11 is 0. The topological polar surface area (TPSA) is 56.1 Å². The van der Waals surface area contributed by atoms with Crippen LogP contribution in [-0.4, -0.2) is 28.1 Å². The molecule has 0 unspecified atom stereocenters. The molecule has 4 rings (SSSR count). The Morgan fingerprint density at radius 2 is 1.80 bits per heavy atom. The summed E-state index contributed by atoms with van der Waals surface area (Å²) in [4.78, 5) is 16.9. The molecule has 0 spiro atoms. The molecular weight excluding hydrogens is 314 g/mol. The summed E-state index contributed by atoms with van der Waals surface area (Å²) in [6.45, 7) is 0.641. The van der Waals surface area contributed by atoms with Crippen LogP contribution in [0.3, 0.4) is 0 Å². The molecule has 126 valence electrons. The van der Waals surface area contributed by atoms with Gasteiger partial charge in [0, 0.05) is 12.3 Å². The third kappa shape index (κ3) is 3.19. The Bertz CT molecular complexity index is 846. The van der Waals surface area contributed by atoms with Crippen molar-refractivity contribution in [1.82, 2.24) is 14.9 Å². The van der Waals surface area contributed by atoms with Gasteiger partial charge >= 0.3 is 0 Å². The van der Waals surface area contributed by atoms with E-state index in [0.717, 1.165) is 17.7 Å². The summed E-state index contributed by atoms with van der Waals surface area (Å²) in [5.74, 6) is -0.141. The van der Waals surface area contributed by atoms with Crippen LogP contribution in [0.4, 0.5) is 0 Å². The summed E-state index contributed by atoms with van der Waals surface area (Å²) in [6, 6.07) is 19.7. The molecule has 1 amide bonds. The van der Waals surface area contributed by atoms with Gasteiger partial charge in [-0.25, -0.2) is 4.98 Å². The third-order valence-corrected chi connectivity index (χ3v) is 4.44. The molecule has 3 aromatic rings. The third-order valence-electron chi connectivity index (χ3n) is 4.44. The van der Waals surface area contributed by atoms with E-state index in [1.54, 1.807) is 17.1 Å². The minimum absolute atomic E-state index is 0.0472. The number of rotatable bonds is 4. The first-order valence-corrected chi connectivity index (χ1v) is 8.38. The number of nitrogens with zero attached hydrogens (tertiary/aromatic N) is 2. The van der Waals surface area contributed by atoms with Gasteiger partial charge in [-0.15, -0.1) is 0 Å². The van der Waals surface area contributed by atoms with Crippen molar-refractivity contribution in [3.8, 4) is 5.69 Å². The Hall–Kier alpha value is -2.92. The summed E-state index contributed by atoms with van der Waals surface area (Å²) in [6.07, 6.45) is 3.93. The van der Waals surface area contributed by atoms with Crippen molar-refractivity contribution >= 4 is 5.91 Å². The maximum Gasteiger partial charge on any atom is 0.270 e. The Balaban J connectivity index is 1.54. The highest BCUT2D eigenvalue weighted by molar-refractivity contribution is 5.93. The Kier molecular flexibility index (Phi) is 4.31. The van der Waals surface area contributed by atoms with Crippen LogP contribution < -0.4 is 5.32 Å². The molecule has 2 aromatic carbocycles. The summed E-state index contributed by atoms with van der Waals surface area (Å²) < 4.78 is 7.64. The normalized spacial score (nSPS) is 19.7. The average Bonchev–Trinajstić information content (AvgIpc) is 3.32. The Morgan fingerprint density at radius 3 is 2.56 bits per heavy atom. The van der Waals surface area contributed by atoms with Gasteiger partial charge in [0.2, 0.25) is 0 Å². The van der Waals surface area contributed by atoms with Gasteiger partial charge < -0.3 is 10.1 Å². The van der Waals surface area contributed by atoms with Gasteiger partial charge in [0.1, 0.15) is 11.8 Å².